The van der Waals surface area contributed by atoms with Gasteiger partial charge in [0, 0.05) is 0 Å². The molecule has 0 amide bonds. The summed E-state index contributed by atoms with van der Waals surface area (Å²) in [5.41, 5.74) is 14.4. The molecular formula is C44H43BrCl2SiZr. The van der Waals surface area contributed by atoms with Crippen molar-refractivity contribution in [1.82, 2.24) is 0 Å². The number of allylic oxidation sites excluding steroid dienone is 2. The van der Waals surface area contributed by atoms with E-state index in [4.69, 9.17) is 0 Å². The standard InChI is InChI=1S/C22H19.C20H14Br.2CH3.2ClH.H2Si.Zr/c1-15(2)18-13-17-9-6-12-21(22(17)14-18)20-11-5-8-16-7-3-4-10-19(16)20;1-13-11-18-17(9-10-20(21)19(18)12-13)16-8-4-6-14-5-2-3-7-15(14)16;;;;;;/h3-15H,1-2H3;2-12H,1H3;2*1H3;2*1H;1H2;. The summed E-state index contributed by atoms with van der Waals surface area (Å²) in [6, 6.07) is 43.0. The summed E-state index contributed by atoms with van der Waals surface area (Å²) in [5, 5.41) is 5.24. The van der Waals surface area contributed by atoms with Gasteiger partial charge in [-0.25, -0.2) is 0 Å². The summed E-state index contributed by atoms with van der Waals surface area (Å²) in [7, 11) is 0. The average molecular weight is 842 g/mol. The molecule has 0 aliphatic heterocycles. The molecule has 2 aliphatic rings. The summed E-state index contributed by atoms with van der Waals surface area (Å²) >= 11 is 0.334. The predicted octanol–water partition coefficient (Wildman–Crippen LogP) is 13.5. The van der Waals surface area contributed by atoms with Gasteiger partial charge >= 0.3 is 292 Å². The fourth-order valence-electron chi connectivity index (χ4n) is 9.36. The van der Waals surface area contributed by atoms with Crippen LogP contribution in [-0.2, 0) is 17.4 Å². The van der Waals surface area contributed by atoms with Gasteiger partial charge in [-0.2, -0.15) is 0 Å². The molecule has 2 unspecified atom stereocenters. The van der Waals surface area contributed by atoms with E-state index in [2.05, 4.69) is 180 Å². The first-order valence-electron chi connectivity index (χ1n) is 16.9. The molecule has 0 aromatic heterocycles. The minimum atomic E-state index is -3.79. The van der Waals surface area contributed by atoms with Gasteiger partial charge < -0.3 is 0 Å². The van der Waals surface area contributed by atoms with E-state index in [0.717, 1.165) is 0 Å². The van der Waals surface area contributed by atoms with Gasteiger partial charge in [-0.1, -0.05) is 0 Å². The van der Waals surface area contributed by atoms with Crippen molar-refractivity contribution in [3.05, 3.63) is 153 Å². The van der Waals surface area contributed by atoms with E-state index in [1.54, 1.807) is 11.1 Å². The van der Waals surface area contributed by atoms with Crippen molar-refractivity contribution in [2.75, 3.05) is 0 Å². The predicted molar refractivity (Wildman–Crippen MR) is 223 cm³/mol. The van der Waals surface area contributed by atoms with Crippen LogP contribution in [0.1, 0.15) is 50.3 Å². The molecule has 6 aromatic carbocycles. The Bertz CT molecular complexity index is 2400. The molecule has 2 aliphatic carbocycles. The Morgan fingerprint density at radius 1 is 0.592 bits per heavy atom. The smallest absolute Gasteiger partial charge is 0.147 e. The number of halogens is 3. The summed E-state index contributed by atoms with van der Waals surface area (Å²) in [5.74, 6) is 0.473. The molecule has 49 heavy (non-hydrogen) atoms. The van der Waals surface area contributed by atoms with E-state index >= 15 is 0 Å². The number of hydrogen-bond donors (Lipinski definition) is 0. The molecule has 0 N–H and O–H groups in total. The zero-order valence-corrected chi connectivity index (χ0v) is 35.8. The molecule has 0 fully saturated rings. The second-order valence-corrected chi connectivity index (χ2v) is 46.6. The Labute approximate surface area is 314 Å². The van der Waals surface area contributed by atoms with Crippen LogP contribution in [0.15, 0.2) is 131 Å². The van der Waals surface area contributed by atoms with Gasteiger partial charge in [0.2, 0.25) is 0 Å². The topological polar surface area (TPSA) is 0 Å². The van der Waals surface area contributed by atoms with Gasteiger partial charge in [0.1, 0.15) is 0 Å². The molecule has 2 atom stereocenters. The molecule has 0 nitrogen and oxygen atoms in total. The molecule has 0 heterocycles. The second kappa shape index (κ2) is 13.2. The Morgan fingerprint density at radius 2 is 1.10 bits per heavy atom. The van der Waals surface area contributed by atoms with Gasteiger partial charge in [0.05, 0.1) is 0 Å². The van der Waals surface area contributed by atoms with Gasteiger partial charge in [-0.05, 0) is 0 Å². The largest absolute Gasteiger partial charge is 0.147 e. The van der Waals surface area contributed by atoms with E-state index in [1.165, 1.54) is 70.5 Å². The fourth-order valence-corrected chi connectivity index (χ4v) is 30.9. The number of fused-ring (bicyclic) bond motifs is 4. The van der Waals surface area contributed by atoms with Crippen LogP contribution in [0.25, 0.3) is 56.0 Å². The number of rotatable bonds is 5. The van der Waals surface area contributed by atoms with Crippen molar-refractivity contribution in [1.29, 1.82) is 0 Å². The van der Waals surface area contributed by atoms with Crippen LogP contribution in [0.5, 0.6) is 0 Å². The maximum Gasteiger partial charge on any atom is -0.147 e. The first kappa shape index (κ1) is 36.3. The van der Waals surface area contributed by atoms with Crippen LogP contribution >= 0.6 is 40.7 Å². The molecule has 0 spiro atoms. The molecule has 8 rings (SSSR count). The third-order valence-corrected chi connectivity index (χ3v) is 29.4. The molecule has 6 aromatic rings. The molecule has 0 radical (unpaired) electrons. The van der Waals surface area contributed by atoms with Crippen LogP contribution < -0.4 is 0 Å². The summed E-state index contributed by atoms with van der Waals surface area (Å²) < 4.78 is 7.67. The third-order valence-electron chi connectivity index (χ3n) is 11.2. The fraction of sp³-hybridized carbons (Fsp3) is 0.182. The van der Waals surface area contributed by atoms with Gasteiger partial charge in [0.15, 0.2) is 0 Å². The molecule has 248 valence electrons. The number of benzene rings is 6. The van der Waals surface area contributed by atoms with Gasteiger partial charge in [0.25, 0.3) is 0 Å². The average Bonchev–Trinajstić information content (AvgIpc) is 3.65. The minimum Gasteiger partial charge on any atom is -0.147 e. The number of hydrogen-bond acceptors (Lipinski definition) is 0. The van der Waals surface area contributed by atoms with Crippen molar-refractivity contribution in [2.24, 2.45) is 5.92 Å². The maximum absolute atomic E-state index is 4.13. The molecule has 5 heteroatoms. The SMILES string of the molecule is CC1=Cc2c(-c3cccc4ccccc34)ccc(Br)c2[CH]1[Zr]([CH3])([CH3])(=[SiH2])[CH]1C(C(C)C)=Cc2c(-c3cccc4ccccc34)cccc21.Cl.Cl. The van der Waals surface area contributed by atoms with E-state index in [1.807, 2.05) is 0 Å². The Morgan fingerprint density at radius 3 is 1.69 bits per heavy atom. The Hall–Kier alpha value is -2.52. The first-order valence-corrected chi connectivity index (χ1v) is 31.4. The van der Waals surface area contributed by atoms with Crippen LogP contribution in [0, 0.1) is 5.92 Å². The summed E-state index contributed by atoms with van der Waals surface area (Å²) in [4.78, 5) is 0. The van der Waals surface area contributed by atoms with Crippen LogP contribution in [0.2, 0.25) is 9.26 Å². The van der Waals surface area contributed by atoms with Gasteiger partial charge in [-0.15, -0.1) is 24.8 Å². The van der Waals surface area contributed by atoms with Crippen molar-refractivity contribution < 1.29 is 17.4 Å². The van der Waals surface area contributed by atoms with E-state index < -0.39 is 17.4 Å². The Balaban J connectivity index is 0.00000208. The van der Waals surface area contributed by atoms with Crippen molar-refractivity contribution >= 4 is 81.3 Å². The normalized spacial score (nSPS) is 16.9. The van der Waals surface area contributed by atoms with Gasteiger partial charge in [-0.3, -0.25) is 0 Å². The molecule has 0 bridgehead atoms. The first-order chi connectivity index (χ1) is 22.5. The van der Waals surface area contributed by atoms with E-state index in [9.17, 15) is 0 Å². The van der Waals surface area contributed by atoms with Crippen LogP contribution in [-0.4, -0.2) is 6.88 Å². The van der Waals surface area contributed by atoms with Crippen LogP contribution in [0.4, 0.5) is 0 Å². The van der Waals surface area contributed by atoms with Crippen LogP contribution in [0.3, 0.4) is 0 Å². The second-order valence-electron chi connectivity index (χ2n) is 15.3. The quantitative estimate of drug-likeness (QED) is 0.152. The summed E-state index contributed by atoms with van der Waals surface area (Å²) in [6.45, 7) is 9.68. The van der Waals surface area contributed by atoms with E-state index in [0.29, 0.717) is 13.2 Å². The third kappa shape index (κ3) is 5.73. The Kier molecular flexibility index (Phi) is 9.79. The van der Waals surface area contributed by atoms with Crippen molar-refractivity contribution in [2.45, 2.75) is 37.3 Å². The van der Waals surface area contributed by atoms with Crippen molar-refractivity contribution in [3.8, 4) is 22.3 Å². The zero-order valence-electron chi connectivity index (χ0n) is 28.8. The van der Waals surface area contributed by atoms with Crippen molar-refractivity contribution in [3.63, 3.8) is 0 Å². The maximum atomic E-state index is 4.13. The van der Waals surface area contributed by atoms with E-state index in [-0.39, 0.29) is 24.8 Å². The molecule has 0 saturated heterocycles. The summed E-state index contributed by atoms with van der Waals surface area (Å²) in [6.07, 6.45) is 5.14. The molecular weight excluding hydrogens is 799 g/mol. The molecule has 0 saturated carbocycles. The zero-order chi connectivity index (χ0) is 32.7. The monoisotopic (exact) mass is 838 g/mol. The minimum absolute atomic E-state index is 0.